The van der Waals surface area contributed by atoms with E-state index in [4.69, 9.17) is 14.6 Å². The maximum atomic E-state index is 11.7. The van der Waals surface area contributed by atoms with Gasteiger partial charge in [-0.15, -0.1) is 0 Å². The number of aliphatic hydroxyl groups is 2. The predicted octanol–water partition coefficient (Wildman–Crippen LogP) is -0.884. The Morgan fingerprint density at radius 2 is 1.55 bits per heavy atom. The van der Waals surface area contributed by atoms with E-state index < -0.39 is 24.1 Å². The molecule has 0 unspecified atom stereocenters. The summed E-state index contributed by atoms with van der Waals surface area (Å²) in [7, 11) is 0. The second-order valence-corrected chi connectivity index (χ2v) is 3.31. The summed E-state index contributed by atoms with van der Waals surface area (Å²) in [6.45, 7) is 5.02. The number of carbonyl (C=O) groups is 2. The molecule has 0 saturated carbocycles. The minimum Gasteiger partial charge on any atom is -0.432 e. The highest BCUT2D eigenvalue weighted by Crippen LogP contribution is 2.16. The first-order valence-electron chi connectivity index (χ1n) is 5.66. The zero-order valence-corrected chi connectivity index (χ0v) is 10.9. The summed E-state index contributed by atoms with van der Waals surface area (Å²) < 4.78 is 18.9. The van der Waals surface area contributed by atoms with Gasteiger partial charge in [-0.25, -0.2) is 9.59 Å². The first-order chi connectivity index (χ1) is 9.58. The van der Waals surface area contributed by atoms with Crippen LogP contribution in [-0.4, -0.2) is 60.8 Å². The molecule has 8 heteroatoms. The van der Waals surface area contributed by atoms with Crippen molar-refractivity contribution in [2.24, 2.45) is 0 Å². The van der Waals surface area contributed by atoms with Crippen LogP contribution >= 0.6 is 0 Å². The van der Waals surface area contributed by atoms with Crippen LogP contribution in [0.4, 0.5) is 0 Å². The second-order valence-electron chi connectivity index (χ2n) is 3.31. The molecule has 0 aromatic carbocycles. The second kappa shape index (κ2) is 10.1. The van der Waals surface area contributed by atoms with Gasteiger partial charge in [0, 0.05) is 0 Å². The molecule has 0 heterocycles. The highest BCUT2D eigenvalue weighted by Gasteiger charge is 2.50. The molecule has 0 saturated heterocycles. The van der Waals surface area contributed by atoms with E-state index in [9.17, 15) is 14.7 Å². The molecule has 8 nitrogen and oxygen atoms in total. The molecule has 0 radical (unpaired) electrons. The van der Waals surface area contributed by atoms with Crippen molar-refractivity contribution in [3.8, 4) is 0 Å². The van der Waals surface area contributed by atoms with Gasteiger partial charge in [0.05, 0.1) is 45.6 Å². The topological polar surface area (TPSA) is 112 Å². The maximum absolute atomic E-state index is 11.7. The Bertz CT molecular complexity index is 316. The van der Waals surface area contributed by atoms with Crippen LogP contribution in [0.25, 0.3) is 0 Å². The Morgan fingerprint density at radius 3 is 1.95 bits per heavy atom. The van der Waals surface area contributed by atoms with Crippen LogP contribution < -0.4 is 0 Å². The molecule has 0 aliphatic heterocycles. The summed E-state index contributed by atoms with van der Waals surface area (Å²) in [4.78, 5) is 23.5. The number of hydrogen-bond acceptors (Lipinski definition) is 8. The minimum absolute atomic E-state index is 0.00888. The SMILES string of the molecule is C=COC(=O)C(CO)(OCCOCCO)C(=O)OC=C. The van der Waals surface area contributed by atoms with Crippen LogP contribution in [0.2, 0.25) is 0 Å². The summed E-state index contributed by atoms with van der Waals surface area (Å²) in [6, 6.07) is 0. The summed E-state index contributed by atoms with van der Waals surface area (Å²) >= 11 is 0. The van der Waals surface area contributed by atoms with Crippen LogP contribution in [-0.2, 0) is 28.5 Å². The highest BCUT2D eigenvalue weighted by atomic mass is 16.6. The third-order valence-electron chi connectivity index (χ3n) is 2.07. The van der Waals surface area contributed by atoms with E-state index in [0.29, 0.717) is 0 Å². The van der Waals surface area contributed by atoms with E-state index in [2.05, 4.69) is 22.6 Å². The van der Waals surface area contributed by atoms with Crippen molar-refractivity contribution in [2.75, 3.05) is 33.0 Å². The van der Waals surface area contributed by atoms with Gasteiger partial charge in [-0.1, -0.05) is 13.2 Å². The van der Waals surface area contributed by atoms with Gasteiger partial charge >= 0.3 is 11.9 Å². The normalized spacial score (nSPS) is 10.7. The van der Waals surface area contributed by atoms with E-state index in [0.717, 1.165) is 12.5 Å². The average molecular weight is 290 g/mol. The Labute approximate surface area is 116 Å². The Kier molecular flexibility index (Phi) is 9.22. The molecule has 0 bridgehead atoms. The van der Waals surface area contributed by atoms with Gasteiger partial charge in [0.15, 0.2) is 0 Å². The van der Waals surface area contributed by atoms with E-state index in [1.807, 2.05) is 0 Å². The molecule has 114 valence electrons. The van der Waals surface area contributed by atoms with Crippen molar-refractivity contribution < 1.29 is 38.7 Å². The fourth-order valence-corrected chi connectivity index (χ4v) is 1.16. The van der Waals surface area contributed by atoms with E-state index in [1.54, 1.807) is 0 Å². The monoisotopic (exact) mass is 290 g/mol. The van der Waals surface area contributed by atoms with E-state index >= 15 is 0 Å². The number of carbonyl (C=O) groups excluding carboxylic acids is 2. The average Bonchev–Trinajstić information content (AvgIpc) is 2.43. The number of aliphatic hydroxyl groups excluding tert-OH is 2. The lowest BCUT2D eigenvalue weighted by Gasteiger charge is -2.25. The number of hydrogen-bond donors (Lipinski definition) is 2. The summed E-state index contributed by atoms with van der Waals surface area (Å²) in [6.07, 6.45) is 1.58. The number of ether oxygens (including phenoxy) is 4. The predicted molar refractivity (Wildman–Crippen MR) is 66.3 cm³/mol. The first-order valence-corrected chi connectivity index (χ1v) is 5.66. The molecule has 0 aromatic heterocycles. The fraction of sp³-hybridized carbons (Fsp3) is 0.500. The van der Waals surface area contributed by atoms with Gasteiger partial charge in [-0.2, -0.15) is 0 Å². The molecule has 20 heavy (non-hydrogen) atoms. The highest BCUT2D eigenvalue weighted by molar-refractivity contribution is 6.04. The van der Waals surface area contributed by atoms with Gasteiger partial charge in [-0.3, -0.25) is 0 Å². The quantitative estimate of drug-likeness (QED) is 0.218. The van der Waals surface area contributed by atoms with E-state index in [1.165, 1.54) is 0 Å². The van der Waals surface area contributed by atoms with Gasteiger partial charge < -0.3 is 29.2 Å². The lowest BCUT2D eigenvalue weighted by atomic mass is 10.1. The molecule has 0 amide bonds. The van der Waals surface area contributed by atoms with E-state index in [-0.39, 0.29) is 26.4 Å². The Morgan fingerprint density at radius 1 is 1.00 bits per heavy atom. The van der Waals surface area contributed by atoms with Gasteiger partial charge in [0.25, 0.3) is 5.60 Å². The zero-order valence-electron chi connectivity index (χ0n) is 10.9. The Hall–Kier alpha value is -1.74. The van der Waals surface area contributed by atoms with Gasteiger partial charge in [0.2, 0.25) is 0 Å². The standard InChI is InChI=1S/C12H18O8/c1-3-18-10(15)12(9-14,11(16)19-4-2)20-8-7-17-6-5-13/h3-4,13-14H,1-2,5-9H2. The molecule has 0 spiro atoms. The van der Waals surface area contributed by atoms with Crippen LogP contribution in [0, 0.1) is 0 Å². The molecule has 0 atom stereocenters. The number of rotatable bonds is 11. The Balaban J connectivity index is 4.82. The molecule has 2 N–H and O–H groups in total. The molecule has 0 aliphatic rings. The van der Waals surface area contributed by atoms with Crippen molar-refractivity contribution in [3.63, 3.8) is 0 Å². The zero-order chi connectivity index (χ0) is 15.4. The molecule has 0 aliphatic carbocycles. The molecule has 0 rings (SSSR count). The third kappa shape index (κ3) is 5.10. The van der Waals surface area contributed by atoms with Crippen molar-refractivity contribution >= 4 is 11.9 Å². The smallest absolute Gasteiger partial charge is 0.357 e. The number of esters is 2. The van der Waals surface area contributed by atoms with Crippen LogP contribution in [0.15, 0.2) is 25.7 Å². The van der Waals surface area contributed by atoms with Crippen molar-refractivity contribution in [1.29, 1.82) is 0 Å². The first kappa shape index (κ1) is 18.3. The van der Waals surface area contributed by atoms with Crippen LogP contribution in [0.1, 0.15) is 0 Å². The van der Waals surface area contributed by atoms with Crippen LogP contribution in [0.3, 0.4) is 0 Å². The lowest BCUT2D eigenvalue weighted by Crippen LogP contribution is -2.54. The van der Waals surface area contributed by atoms with Gasteiger partial charge in [-0.05, 0) is 0 Å². The summed E-state index contributed by atoms with van der Waals surface area (Å²) in [5.41, 5.74) is -2.34. The minimum atomic E-state index is -2.34. The molecular formula is C12H18O8. The van der Waals surface area contributed by atoms with Crippen molar-refractivity contribution in [1.82, 2.24) is 0 Å². The third-order valence-corrected chi connectivity index (χ3v) is 2.07. The van der Waals surface area contributed by atoms with Crippen molar-refractivity contribution in [2.45, 2.75) is 5.60 Å². The molecule has 0 fully saturated rings. The molecule has 0 aromatic rings. The van der Waals surface area contributed by atoms with Crippen LogP contribution in [0.5, 0.6) is 0 Å². The largest absolute Gasteiger partial charge is 0.432 e. The fourth-order valence-electron chi connectivity index (χ4n) is 1.16. The van der Waals surface area contributed by atoms with Gasteiger partial charge in [0.1, 0.15) is 0 Å². The van der Waals surface area contributed by atoms with Crippen molar-refractivity contribution in [3.05, 3.63) is 25.7 Å². The maximum Gasteiger partial charge on any atom is 0.357 e. The lowest BCUT2D eigenvalue weighted by molar-refractivity contribution is -0.191. The summed E-state index contributed by atoms with van der Waals surface area (Å²) in [5, 5.41) is 17.8. The molecular weight excluding hydrogens is 272 g/mol. The summed E-state index contributed by atoms with van der Waals surface area (Å²) in [5.74, 6) is -2.35.